The molecule has 18 heavy (non-hydrogen) atoms. The van der Waals surface area contributed by atoms with Gasteiger partial charge in [0.25, 0.3) is 0 Å². The maximum absolute atomic E-state index is 12.9. The monoisotopic (exact) mass is 250 g/mol. The first-order valence-corrected chi connectivity index (χ1v) is 5.40. The molecule has 0 aliphatic rings. The van der Waals surface area contributed by atoms with Crippen molar-refractivity contribution < 1.29 is 13.6 Å². The van der Waals surface area contributed by atoms with E-state index < -0.39 is 11.6 Å². The van der Waals surface area contributed by atoms with E-state index in [2.05, 4.69) is 5.32 Å². The molecule has 3 nitrogen and oxygen atoms in total. The van der Waals surface area contributed by atoms with Crippen molar-refractivity contribution in [3.8, 4) is 0 Å². The SMILES string of the molecule is Cn1ccc(CC(=O)Nc2ccc(F)c(F)c2)c1. The number of nitrogens with one attached hydrogen (secondary N) is 1. The summed E-state index contributed by atoms with van der Waals surface area (Å²) in [6, 6.07) is 5.08. The Morgan fingerprint density at radius 3 is 2.67 bits per heavy atom. The van der Waals surface area contributed by atoms with E-state index in [4.69, 9.17) is 0 Å². The van der Waals surface area contributed by atoms with E-state index >= 15 is 0 Å². The molecule has 0 fully saturated rings. The Bertz CT molecular complexity index is 578. The average Bonchev–Trinajstić information content (AvgIpc) is 2.69. The Hall–Kier alpha value is -2.17. The molecule has 2 rings (SSSR count). The van der Waals surface area contributed by atoms with E-state index in [-0.39, 0.29) is 18.0 Å². The predicted octanol–water partition coefficient (Wildman–Crippen LogP) is 2.48. The van der Waals surface area contributed by atoms with Crippen LogP contribution in [0.25, 0.3) is 0 Å². The van der Waals surface area contributed by atoms with Crippen LogP contribution in [-0.4, -0.2) is 10.5 Å². The molecule has 1 amide bonds. The molecule has 0 saturated carbocycles. The fourth-order valence-electron chi connectivity index (χ4n) is 1.63. The van der Waals surface area contributed by atoms with E-state index in [1.807, 2.05) is 30.1 Å². The first-order valence-electron chi connectivity index (χ1n) is 5.40. The number of carbonyl (C=O) groups is 1. The van der Waals surface area contributed by atoms with Gasteiger partial charge in [0.05, 0.1) is 6.42 Å². The second kappa shape index (κ2) is 5.00. The van der Waals surface area contributed by atoms with Gasteiger partial charge in [0.1, 0.15) is 0 Å². The fourth-order valence-corrected chi connectivity index (χ4v) is 1.63. The average molecular weight is 250 g/mol. The van der Waals surface area contributed by atoms with Crippen LogP contribution in [0.1, 0.15) is 5.56 Å². The number of benzene rings is 1. The maximum Gasteiger partial charge on any atom is 0.228 e. The standard InChI is InChI=1S/C13H12F2N2O/c1-17-5-4-9(8-17)6-13(18)16-10-2-3-11(14)12(15)7-10/h2-5,7-8H,6H2,1H3,(H,16,18). The van der Waals surface area contributed by atoms with Crippen molar-refractivity contribution in [2.24, 2.45) is 7.05 Å². The summed E-state index contributed by atoms with van der Waals surface area (Å²) in [6.45, 7) is 0. The summed E-state index contributed by atoms with van der Waals surface area (Å²) in [5, 5.41) is 2.51. The minimum absolute atomic E-state index is 0.194. The summed E-state index contributed by atoms with van der Waals surface area (Å²) in [5.74, 6) is -2.18. The molecule has 1 N–H and O–H groups in total. The lowest BCUT2D eigenvalue weighted by Crippen LogP contribution is -2.14. The van der Waals surface area contributed by atoms with Crippen molar-refractivity contribution in [1.82, 2.24) is 4.57 Å². The third-order valence-electron chi connectivity index (χ3n) is 2.46. The van der Waals surface area contributed by atoms with Gasteiger partial charge in [-0.2, -0.15) is 0 Å². The van der Waals surface area contributed by atoms with Gasteiger partial charge in [0, 0.05) is 31.2 Å². The topological polar surface area (TPSA) is 34.0 Å². The number of halogens is 2. The molecule has 0 aliphatic heterocycles. The van der Waals surface area contributed by atoms with Crippen molar-refractivity contribution in [3.05, 3.63) is 53.9 Å². The summed E-state index contributed by atoms with van der Waals surface area (Å²) in [6.07, 6.45) is 3.85. The number of hydrogen-bond acceptors (Lipinski definition) is 1. The summed E-state index contributed by atoms with van der Waals surface area (Å²) in [7, 11) is 1.86. The third kappa shape index (κ3) is 2.94. The van der Waals surface area contributed by atoms with Gasteiger partial charge in [0.15, 0.2) is 11.6 Å². The summed E-state index contributed by atoms with van der Waals surface area (Å²) >= 11 is 0. The smallest absolute Gasteiger partial charge is 0.228 e. The van der Waals surface area contributed by atoms with Crippen LogP contribution in [0.15, 0.2) is 36.7 Å². The van der Waals surface area contributed by atoms with E-state index in [9.17, 15) is 13.6 Å². The molecule has 0 unspecified atom stereocenters. The Balaban J connectivity index is 2.00. The van der Waals surface area contributed by atoms with Gasteiger partial charge in [0.2, 0.25) is 5.91 Å². The van der Waals surface area contributed by atoms with Gasteiger partial charge < -0.3 is 9.88 Å². The van der Waals surface area contributed by atoms with Crippen LogP contribution in [-0.2, 0) is 18.3 Å². The lowest BCUT2D eigenvalue weighted by Gasteiger charge is -2.04. The van der Waals surface area contributed by atoms with E-state index in [0.717, 1.165) is 17.7 Å². The molecule has 0 radical (unpaired) electrons. The Kier molecular flexibility index (Phi) is 3.41. The number of anilines is 1. The van der Waals surface area contributed by atoms with Crippen LogP contribution < -0.4 is 5.32 Å². The highest BCUT2D eigenvalue weighted by molar-refractivity contribution is 5.92. The number of rotatable bonds is 3. The van der Waals surface area contributed by atoms with Crippen molar-refractivity contribution in [3.63, 3.8) is 0 Å². The highest BCUT2D eigenvalue weighted by Crippen LogP contribution is 2.13. The number of nitrogens with zero attached hydrogens (tertiary/aromatic N) is 1. The second-order valence-electron chi connectivity index (χ2n) is 4.04. The molecule has 0 spiro atoms. The number of hydrogen-bond donors (Lipinski definition) is 1. The van der Waals surface area contributed by atoms with Gasteiger partial charge in [-0.3, -0.25) is 4.79 Å². The number of amides is 1. The molecule has 1 heterocycles. The molecule has 1 aromatic heterocycles. The maximum atomic E-state index is 12.9. The van der Waals surface area contributed by atoms with Crippen LogP contribution in [0.2, 0.25) is 0 Å². The van der Waals surface area contributed by atoms with E-state index in [1.165, 1.54) is 6.07 Å². The largest absolute Gasteiger partial charge is 0.357 e. The predicted molar refractivity (Wildman–Crippen MR) is 64.1 cm³/mol. The van der Waals surface area contributed by atoms with Crippen molar-refractivity contribution in [2.45, 2.75) is 6.42 Å². The molecular weight excluding hydrogens is 238 g/mol. The first kappa shape index (κ1) is 12.3. The zero-order chi connectivity index (χ0) is 13.1. The molecule has 2 aromatic rings. The van der Waals surface area contributed by atoms with Gasteiger partial charge >= 0.3 is 0 Å². The minimum Gasteiger partial charge on any atom is -0.357 e. The normalized spacial score (nSPS) is 10.4. The number of aromatic nitrogens is 1. The van der Waals surface area contributed by atoms with E-state index in [0.29, 0.717) is 0 Å². The van der Waals surface area contributed by atoms with Gasteiger partial charge in [-0.25, -0.2) is 8.78 Å². The third-order valence-corrected chi connectivity index (χ3v) is 2.46. The van der Waals surface area contributed by atoms with Crippen LogP contribution in [0.4, 0.5) is 14.5 Å². The number of aryl methyl sites for hydroxylation is 1. The fraction of sp³-hybridized carbons (Fsp3) is 0.154. The quantitative estimate of drug-likeness (QED) is 0.892. The van der Waals surface area contributed by atoms with Crippen LogP contribution in [0, 0.1) is 11.6 Å². The molecule has 0 saturated heterocycles. The molecule has 0 bridgehead atoms. The van der Waals surface area contributed by atoms with Crippen molar-refractivity contribution >= 4 is 11.6 Å². The summed E-state index contributed by atoms with van der Waals surface area (Å²) < 4.78 is 27.5. The zero-order valence-corrected chi connectivity index (χ0v) is 9.78. The first-order chi connectivity index (χ1) is 8.54. The van der Waals surface area contributed by atoms with Crippen LogP contribution in [0.5, 0.6) is 0 Å². The second-order valence-corrected chi connectivity index (χ2v) is 4.04. The minimum atomic E-state index is -0.979. The van der Waals surface area contributed by atoms with Crippen molar-refractivity contribution in [1.29, 1.82) is 0 Å². The molecule has 94 valence electrons. The summed E-state index contributed by atoms with van der Waals surface area (Å²) in [5.41, 5.74) is 1.10. The molecule has 0 atom stereocenters. The molecule has 0 aliphatic carbocycles. The lowest BCUT2D eigenvalue weighted by molar-refractivity contribution is -0.115. The Labute approximate surface area is 103 Å². The van der Waals surface area contributed by atoms with Crippen molar-refractivity contribution in [2.75, 3.05) is 5.32 Å². The van der Waals surface area contributed by atoms with Gasteiger partial charge in [-0.15, -0.1) is 0 Å². The Morgan fingerprint density at radius 2 is 2.06 bits per heavy atom. The van der Waals surface area contributed by atoms with Crippen LogP contribution >= 0.6 is 0 Å². The highest BCUT2D eigenvalue weighted by atomic mass is 19.2. The molecule has 5 heteroatoms. The van der Waals surface area contributed by atoms with Gasteiger partial charge in [-0.1, -0.05) is 0 Å². The molecular formula is C13H12F2N2O. The van der Waals surface area contributed by atoms with Gasteiger partial charge in [-0.05, 0) is 23.8 Å². The van der Waals surface area contributed by atoms with Crippen LogP contribution in [0.3, 0.4) is 0 Å². The molecule has 1 aromatic carbocycles. The Morgan fingerprint density at radius 1 is 1.28 bits per heavy atom. The zero-order valence-electron chi connectivity index (χ0n) is 9.78. The summed E-state index contributed by atoms with van der Waals surface area (Å²) in [4.78, 5) is 11.7. The van der Waals surface area contributed by atoms with E-state index in [1.54, 1.807) is 0 Å². The number of carbonyl (C=O) groups excluding carboxylic acids is 1. The lowest BCUT2D eigenvalue weighted by atomic mass is 10.2. The highest BCUT2D eigenvalue weighted by Gasteiger charge is 2.07.